The minimum absolute atomic E-state index is 0.0326. The van der Waals surface area contributed by atoms with Crippen LogP contribution >= 0.6 is 0 Å². The molecular weight excluding hydrogens is 250 g/mol. The molecule has 5 heteroatoms. The van der Waals surface area contributed by atoms with Crippen LogP contribution in [0.3, 0.4) is 0 Å². The van der Waals surface area contributed by atoms with Crippen molar-refractivity contribution in [2.45, 2.75) is 31.2 Å². The van der Waals surface area contributed by atoms with Gasteiger partial charge in [0.15, 0.2) is 9.84 Å². The minimum Gasteiger partial charge on any atom is -0.497 e. The summed E-state index contributed by atoms with van der Waals surface area (Å²) < 4.78 is 29.4. The van der Waals surface area contributed by atoms with E-state index in [1.807, 2.05) is 13.8 Å². The monoisotopic (exact) mass is 271 g/mol. The molecular formula is C13H21NO3S. The van der Waals surface area contributed by atoms with Gasteiger partial charge in [0.1, 0.15) is 5.75 Å². The molecule has 1 rings (SSSR count). The summed E-state index contributed by atoms with van der Waals surface area (Å²) in [4.78, 5) is 0.264. The zero-order valence-corrected chi connectivity index (χ0v) is 11.9. The molecule has 0 aliphatic rings. The molecule has 1 aromatic carbocycles. The standard InChI is InChI=1S/C13H21NO3S/c1-4-10(2)13(14)9-18(15,16)12-7-5-6-11(8-12)17-3/h5-8,10,13H,4,9,14H2,1-3H3. The van der Waals surface area contributed by atoms with Gasteiger partial charge in [-0.25, -0.2) is 8.42 Å². The van der Waals surface area contributed by atoms with E-state index in [0.29, 0.717) is 5.75 Å². The Morgan fingerprint density at radius 1 is 1.39 bits per heavy atom. The zero-order valence-electron chi connectivity index (χ0n) is 11.1. The summed E-state index contributed by atoms with van der Waals surface area (Å²) in [5.74, 6) is 0.688. The Balaban J connectivity index is 2.92. The highest BCUT2D eigenvalue weighted by Gasteiger charge is 2.22. The van der Waals surface area contributed by atoms with Crippen LogP contribution in [-0.2, 0) is 9.84 Å². The Hall–Kier alpha value is -1.07. The number of hydrogen-bond acceptors (Lipinski definition) is 4. The predicted molar refractivity (Wildman–Crippen MR) is 72.5 cm³/mol. The zero-order chi connectivity index (χ0) is 13.8. The lowest BCUT2D eigenvalue weighted by Gasteiger charge is -2.18. The van der Waals surface area contributed by atoms with Crippen molar-refractivity contribution >= 4 is 9.84 Å². The molecule has 102 valence electrons. The third kappa shape index (κ3) is 3.71. The van der Waals surface area contributed by atoms with Gasteiger partial charge < -0.3 is 10.5 Å². The molecule has 0 bridgehead atoms. The van der Waals surface area contributed by atoms with Crippen molar-refractivity contribution in [1.29, 1.82) is 0 Å². The molecule has 0 spiro atoms. The lowest BCUT2D eigenvalue weighted by Crippen LogP contribution is -2.35. The predicted octanol–water partition coefficient (Wildman–Crippen LogP) is 1.84. The molecule has 0 fully saturated rings. The van der Waals surface area contributed by atoms with Crippen molar-refractivity contribution in [2.75, 3.05) is 12.9 Å². The van der Waals surface area contributed by atoms with Gasteiger partial charge in [-0.2, -0.15) is 0 Å². The number of sulfone groups is 1. The first kappa shape index (κ1) is 15.0. The van der Waals surface area contributed by atoms with Crippen molar-refractivity contribution in [3.63, 3.8) is 0 Å². The van der Waals surface area contributed by atoms with Gasteiger partial charge in [0.25, 0.3) is 0 Å². The molecule has 18 heavy (non-hydrogen) atoms. The van der Waals surface area contributed by atoms with Gasteiger partial charge >= 0.3 is 0 Å². The Labute approximate surface area is 109 Å². The molecule has 0 amide bonds. The fraction of sp³-hybridized carbons (Fsp3) is 0.538. The topological polar surface area (TPSA) is 69.4 Å². The Kier molecular flexibility index (Phi) is 5.16. The highest BCUT2D eigenvalue weighted by Crippen LogP contribution is 2.20. The second-order valence-corrected chi connectivity index (χ2v) is 6.54. The molecule has 0 saturated heterocycles. The van der Waals surface area contributed by atoms with Crippen LogP contribution in [0.4, 0.5) is 0 Å². The average Bonchev–Trinajstić information content (AvgIpc) is 2.37. The van der Waals surface area contributed by atoms with Gasteiger partial charge in [0.05, 0.1) is 17.8 Å². The normalized spacial score (nSPS) is 15.1. The van der Waals surface area contributed by atoms with Crippen molar-refractivity contribution < 1.29 is 13.2 Å². The first-order chi connectivity index (χ1) is 8.40. The number of nitrogens with two attached hydrogens (primary N) is 1. The fourth-order valence-electron chi connectivity index (χ4n) is 1.61. The highest BCUT2D eigenvalue weighted by molar-refractivity contribution is 7.91. The molecule has 2 unspecified atom stereocenters. The maximum absolute atomic E-state index is 12.2. The van der Waals surface area contributed by atoms with Crippen molar-refractivity contribution in [2.24, 2.45) is 11.7 Å². The summed E-state index contributed by atoms with van der Waals surface area (Å²) >= 11 is 0. The van der Waals surface area contributed by atoms with Crippen molar-refractivity contribution in [3.8, 4) is 5.75 Å². The maximum Gasteiger partial charge on any atom is 0.180 e. The average molecular weight is 271 g/mol. The Morgan fingerprint density at radius 2 is 2.06 bits per heavy atom. The summed E-state index contributed by atoms with van der Waals surface area (Å²) in [6.45, 7) is 3.97. The summed E-state index contributed by atoms with van der Waals surface area (Å²) in [5, 5.41) is 0. The van der Waals surface area contributed by atoms with E-state index in [4.69, 9.17) is 10.5 Å². The quantitative estimate of drug-likeness (QED) is 0.857. The minimum atomic E-state index is -3.35. The smallest absolute Gasteiger partial charge is 0.180 e. The number of methoxy groups -OCH3 is 1. The molecule has 2 atom stereocenters. The molecule has 4 nitrogen and oxygen atoms in total. The molecule has 2 N–H and O–H groups in total. The molecule has 0 heterocycles. The van der Waals surface area contributed by atoms with Gasteiger partial charge in [0.2, 0.25) is 0 Å². The Bertz CT molecular complexity index is 485. The van der Waals surface area contributed by atoms with Gasteiger partial charge in [-0.15, -0.1) is 0 Å². The van der Waals surface area contributed by atoms with Crippen LogP contribution in [0.25, 0.3) is 0 Å². The molecule has 1 aromatic rings. The van der Waals surface area contributed by atoms with Crippen molar-refractivity contribution in [3.05, 3.63) is 24.3 Å². The SMILES string of the molecule is CCC(C)C(N)CS(=O)(=O)c1cccc(OC)c1. The van der Waals surface area contributed by atoms with Crippen molar-refractivity contribution in [1.82, 2.24) is 0 Å². The summed E-state index contributed by atoms with van der Waals surface area (Å²) in [6.07, 6.45) is 0.870. The van der Waals surface area contributed by atoms with Crippen LogP contribution in [0.5, 0.6) is 5.75 Å². The first-order valence-electron chi connectivity index (χ1n) is 6.03. The summed E-state index contributed by atoms with van der Waals surface area (Å²) in [7, 11) is -1.84. The highest BCUT2D eigenvalue weighted by atomic mass is 32.2. The van der Waals surface area contributed by atoms with Gasteiger partial charge in [-0.1, -0.05) is 26.3 Å². The van der Waals surface area contributed by atoms with E-state index in [1.165, 1.54) is 13.2 Å². The largest absolute Gasteiger partial charge is 0.497 e. The Morgan fingerprint density at radius 3 is 2.61 bits per heavy atom. The van der Waals surface area contributed by atoms with E-state index >= 15 is 0 Å². The number of ether oxygens (including phenoxy) is 1. The number of hydrogen-bond donors (Lipinski definition) is 1. The number of benzene rings is 1. The van der Waals surface area contributed by atoms with E-state index < -0.39 is 9.84 Å². The summed E-state index contributed by atoms with van der Waals surface area (Å²) in [5.41, 5.74) is 5.91. The molecule has 0 aliphatic carbocycles. The van der Waals surface area contributed by atoms with Crippen LogP contribution in [0, 0.1) is 5.92 Å². The maximum atomic E-state index is 12.2. The van der Waals surface area contributed by atoms with Crippen LogP contribution in [0.2, 0.25) is 0 Å². The third-order valence-electron chi connectivity index (χ3n) is 3.19. The molecule has 0 aliphatic heterocycles. The van der Waals surface area contributed by atoms with E-state index in [2.05, 4.69) is 0 Å². The first-order valence-corrected chi connectivity index (χ1v) is 7.68. The van der Waals surface area contributed by atoms with E-state index in [1.54, 1.807) is 18.2 Å². The second kappa shape index (κ2) is 6.20. The van der Waals surface area contributed by atoms with Crippen LogP contribution in [-0.4, -0.2) is 27.3 Å². The van der Waals surface area contributed by atoms with Gasteiger partial charge in [0, 0.05) is 6.04 Å². The van der Waals surface area contributed by atoms with Crippen LogP contribution in [0.15, 0.2) is 29.2 Å². The lowest BCUT2D eigenvalue weighted by molar-refractivity contribution is 0.413. The van der Waals surface area contributed by atoms with Gasteiger partial charge in [-0.05, 0) is 24.1 Å². The lowest BCUT2D eigenvalue weighted by atomic mass is 10.0. The van der Waals surface area contributed by atoms with E-state index in [-0.39, 0.29) is 22.6 Å². The van der Waals surface area contributed by atoms with Crippen LogP contribution < -0.4 is 10.5 Å². The molecule has 0 aromatic heterocycles. The van der Waals surface area contributed by atoms with E-state index in [9.17, 15) is 8.42 Å². The number of rotatable bonds is 6. The van der Waals surface area contributed by atoms with E-state index in [0.717, 1.165) is 6.42 Å². The fourth-order valence-corrected chi connectivity index (χ4v) is 3.22. The second-order valence-electron chi connectivity index (χ2n) is 4.51. The molecule has 0 saturated carbocycles. The van der Waals surface area contributed by atoms with Gasteiger partial charge in [-0.3, -0.25) is 0 Å². The molecule has 0 radical (unpaired) electrons. The third-order valence-corrected chi connectivity index (χ3v) is 4.98. The van der Waals surface area contributed by atoms with Crippen LogP contribution in [0.1, 0.15) is 20.3 Å². The summed E-state index contributed by atoms with van der Waals surface area (Å²) in [6, 6.07) is 6.14.